The third-order valence-corrected chi connectivity index (χ3v) is 5.33. The van der Waals surface area contributed by atoms with Crippen LogP contribution in [-0.2, 0) is 12.8 Å². The normalized spacial score (nSPS) is 16.0. The molecule has 2 aromatic carbocycles. The second-order valence-electron chi connectivity index (χ2n) is 6.13. The number of benzene rings is 2. The van der Waals surface area contributed by atoms with Crippen LogP contribution in [0.5, 0.6) is 11.5 Å². The number of rotatable bonds is 4. The molecule has 27 heavy (non-hydrogen) atoms. The van der Waals surface area contributed by atoms with Gasteiger partial charge in [0.25, 0.3) is 0 Å². The second-order valence-corrected chi connectivity index (χ2v) is 7.07. The first-order valence-electron chi connectivity index (χ1n) is 8.53. The topological polar surface area (TPSA) is 75.2 Å². The van der Waals surface area contributed by atoms with Gasteiger partial charge in [0.15, 0.2) is 34.2 Å². The molecule has 0 radical (unpaired) electrons. The van der Waals surface area contributed by atoms with Crippen LogP contribution in [0.15, 0.2) is 58.1 Å². The maximum absolute atomic E-state index is 6.03. The Bertz CT molecular complexity index is 1070. The number of ether oxygens (including phenoxy) is 2. The van der Waals surface area contributed by atoms with Crippen LogP contribution in [0.25, 0.3) is 11.1 Å². The zero-order valence-corrected chi connectivity index (χ0v) is 15.3. The number of oxazole rings is 1. The summed E-state index contributed by atoms with van der Waals surface area (Å²) in [5, 5.41) is 9.36. The van der Waals surface area contributed by atoms with Crippen LogP contribution in [0.4, 0.5) is 0 Å². The van der Waals surface area contributed by atoms with E-state index in [4.69, 9.17) is 13.9 Å². The SMILES string of the molecule is Cn1c(SCc2nc3ccccc3o2)nnc1[C@H]1COc2ccccc2O1. The number of hydrogen-bond acceptors (Lipinski definition) is 7. The van der Waals surface area contributed by atoms with E-state index in [9.17, 15) is 0 Å². The maximum atomic E-state index is 6.03. The number of thioether (sulfide) groups is 1. The summed E-state index contributed by atoms with van der Waals surface area (Å²) in [5.74, 6) is 3.44. The number of nitrogens with zero attached hydrogens (tertiary/aromatic N) is 4. The van der Waals surface area contributed by atoms with Crippen molar-refractivity contribution in [1.29, 1.82) is 0 Å². The van der Waals surface area contributed by atoms with Gasteiger partial charge < -0.3 is 18.5 Å². The van der Waals surface area contributed by atoms with Crippen LogP contribution in [0.3, 0.4) is 0 Å². The molecule has 0 N–H and O–H groups in total. The average Bonchev–Trinajstić information content (AvgIpc) is 3.29. The fourth-order valence-corrected chi connectivity index (χ4v) is 3.75. The smallest absolute Gasteiger partial charge is 0.205 e. The van der Waals surface area contributed by atoms with Crippen molar-refractivity contribution in [2.45, 2.75) is 17.0 Å². The maximum Gasteiger partial charge on any atom is 0.205 e. The molecule has 0 amide bonds. The molecule has 0 fully saturated rings. The van der Waals surface area contributed by atoms with E-state index in [1.807, 2.05) is 60.1 Å². The number of fused-ring (bicyclic) bond motifs is 2. The van der Waals surface area contributed by atoms with Crippen molar-refractivity contribution >= 4 is 22.9 Å². The molecule has 136 valence electrons. The molecular weight excluding hydrogens is 364 g/mol. The van der Waals surface area contributed by atoms with Crippen molar-refractivity contribution < 1.29 is 13.9 Å². The molecule has 2 aromatic heterocycles. The second kappa shape index (κ2) is 6.62. The van der Waals surface area contributed by atoms with E-state index in [2.05, 4.69) is 15.2 Å². The standard InChI is InChI=1S/C19H16N4O3S/c1-23-18(16-10-24-14-8-4-5-9-15(14)25-16)21-22-19(23)27-11-17-20-12-6-2-3-7-13(12)26-17/h2-9,16H,10-11H2,1H3/t16-/m1/s1. The van der Waals surface area contributed by atoms with E-state index in [0.29, 0.717) is 18.3 Å². The van der Waals surface area contributed by atoms with Crippen molar-refractivity contribution in [3.63, 3.8) is 0 Å². The first-order chi connectivity index (χ1) is 13.3. The predicted octanol–water partition coefficient (Wildman–Crippen LogP) is 3.76. The lowest BCUT2D eigenvalue weighted by molar-refractivity contribution is 0.0825. The summed E-state index contributed by atoms with van der Waals surface area (Å²) >= 11 is 1.52. The van der Waals surface area contributed by atoms with Crippen LogP contribution in [0, 0.1) is 0 Å². The Labute approximate surface area is 159 Å². The van der Waals surface area contributed by atoms with Gasteiger partial charge in [0, 0.05) is 7.05 Å². The fraction of sp³-hybridized carbons (Fsp3) is 0.211. The van der Waals surface area contributed by atoms with Gasteiger partial charge in [-0.3, -0.25) is 0 Å². The van der Waals surface area contributed by atoms with Crippen LogP contribution in [0.2, 0.25) is 0 Å². The molecule has 7 nitrogen and oxygen atoms in total. The zero-order valence-electron chi connectivity index (χ0n) is 14.5. The molecular formula is C19H16N4O3S. The zero-order chi connectivity index (χ0) is 18.2. The van der Waals surface area contributed by atoms with Gasteiger partial charge >= 0.3 is 0 Å². The highest BCUT2D eigenvalue weighted by Gasteiger charge is 2.27. The van der Waals surface area contributed by atoms with Gasteiger partial charge in [-0.15, -0.1) is 10.2 Å². The monoisotopic (exact) mass is 380 g/mol. The van der Waals surface area contributed by atoms with Gasteiger partial charge in [-0.25, -0.2) is 4.98 Å². The fourth-order valence-electron chi connectivity index (χ4n) is 2.99. The lowest BCUT2D eigenvalue weighted by atomic mass is 10.2. The van der Waals surface area contributed by atoms with Gasteiger partial charge in [-0.05, 0) is 24.3 Å². The molecule has 3 heterocycles. The number of para-hydroxylation sites is 4. The van der Waals surface area contributed by atoms with Gasteiger partial charge in [0.05, 0.1) is 5.75 Å². The minimum absolute atomic E-state index is 0.295. The third kappa shape index (κ3) is 3.02. The highest BCUT2D eigenvalue weighted by molar-refractivity contribution is 7.98. The Morgan fingerprint density at radius 1 is 1.07 bits per heavy atom. The summed E-state index contributed by atoms with van der Waals surface area (Å²) in [6.07, 6.45) is -0.295. The average molecular weight is 380 g/mol. The van der Waals surface area contributed by atoms with E-state index in [-0.39, 0.29) is 6.10 Å². The molecule has 5 rings (SSSR count). The largest absolute Gasteiger partial charge is 0.485 e. The lowest BCUT2D eigenvalue weighted by Crippen LogP contribution is -2.24. The van der Waals surface area contributed by atoms with Gasteiger partial charge in [-0.2, -0.15) is 0 Å². The molecule has 0 saturated heterocycles. The van der Waals surface area contributed by atoms with Gasteiger partial charge in [-0.1, -0.05) is 36.0 Å². The molecule has 0 spiro atoms. The summed E-state index contributed by atoms with van der Waals surface area (Å²) in [6, 6.07) is 15.4. The number of hydrogen-bond donors (Lipinski definition) is 0. The van der Waals surface area contributed by atoms with Crippen molar-refractivity contribution in [2.75, 3.05) is 6.61 Å². The van der Waals surface area contributed by atoms with Crippen LogP contribution in [-0.4, -0.2) is 26.4 Å². The first kappa shape index (κ1) is 16.2. The van der Waals surface area contributed by atoms with Crippen LogP contribution in [0.1, 0.15) is 17.8 Å². The summed E-state index contributed by atoms with van der Waals surface area (Å²) in [7, 11) is 1.92. The predicted molar refractivity (Wildman–Crippen MR) is 99.9 cm³/mol. The first-order valence-corrected chi connectivity index (χ1v) is 9.51. The molecule has 1 aliphatic heterocycles. The molecule has 1 atom stereocenters. The van der Waals surface area contributed by atoms with Gasteiger partial charge in [0.2, 0.25) is 5.89 Å². The molecule has 0 bridgehead atoms. The Morgan fingerprint density at radius 2 is 1.89 bits per heavy atom. The Kier molecular flexibility index (Phi) is 3.97. The van der Waals surface area contributed by atoms with Crippen molar-refractivity contribution in [3.05, 3.63) is 60.2 Å². The lowest BCUT2D eigenvalue weighted by Gasteiger charge is -2.25. The van der Waals surface area contributed by atoms with E-state index in [1.54, 1.807) is 0 Å². The Hall–Kier alpha value is -3.00. The summed E-state index contributed by atoms with van der Waals surface area (Å²) in [6.45, 7) is 0.402. The summed E-state index contributed by atoms with van der Waals surface area (Å²) in [4.78, 5) is 4.49. The summed E-state index contributed by atoms with van der Waals surface area (Å²) < 4.78 is 19.5. The van der Waals surface area contributed by atoms with E-state index >= 15 is 0 Å². The van der Waals surface area contributed by atoms with E-state index < -0.39 is 0 Å². The molecule has 0 unspecified atom stereocenters. The van der Waals surface area contributed by atoms with Crippen LogP contribution >= 0.6 is 11.8 Å². The van der Waals surface area contributed by atoms with E-state index in [0.717, 1.165) is 33.6 Å². The van der Waals surface area contributed by atoms with Crippen molar-refractivity contribution in [3.8, 4) is 11.5 Å². The minimum Gasteiger partial charge on any atom is -0.485 e. The molecule has 8 heteroatoms. The van der Waals surface area contributed by atoms with E-state index in [1.165, 1.54) is 11.8 Å². The molecule has 0 aliphatic carbocycles. The van der Waals surface area contributed by atoms with Crippen molar-refractivity contribution in [1.82, 2.24) is 19.7 Å². The van der Waals surface area contributed by atoms with Crippen LogP contribution < -0.4 is 9.47 Å². The Balaban J connectivity index is 1.32. The molecule has 1 aliphatic rings. The summed E-state index contributed by atoms with van der Waals surface area (Å²) in [5.41, 5.74) is 1.65. The highest BCUT2D eigenvalue weighted by Crippen LogP contribution is 2.36. The highest BCUT2D eigenvalue weighted by atomic mass is 32.2. The molecule has 4 aromatic rings. The quantitative estimate of drug-likeness (QED) is 0.499. The number of aromatic nitrogens is 4. The minimum atomic E-state index is -0.295. The Morgan fingerprint density at radius 3 is 2.78 bits per heavy atom. The molecule has 0 saturated carbocycles. The third-order valence-electron chi connectivity index (χ3n) is 4.33. The van der Waals surface area contributed by atoms with Crippen molar-refractivity contribution in [2.24, 2.45) is 7.05 Å². The van der Waals surface area contributed by atoms with Gasteiger partial charge in [0.1, 0.15) is 12.1 Å².